The van der Waals surface area contributed by atoms with Crippen LogP contribution in [-0.2, 0) is 10.0 Å². The van der Waals surface area contributed by atoms with Crippen molar-refractivity contribution in [1.82, 2.24) is 0 Å². The fourth-order valence-corrected chi connectivity index (χ4v) is 4.28. The van der Waals surface area contributed by atoms with Crippen molar-refractivity contribution in [1.29, 1.82) is 0 Å². The number of hydrogen-bond acceptors (Lipinski definition) is 5. The molecule has 0 aliphatic carbocycles. The normalized spacial score (nSPS) is 29.7. The Morgan fingerprint density at radius 2 is 1.80 bits per heavy atom. The van der Waals surface area contributed by atoms with Crippen molar-refractivity contribution < 1.29 is 13.5 Å². The number of sulfonamides is 1. The summed E-state index contributed by atoms with van der Waals surface area (Å²) >= 11 is 0. The minimum Gasteiger partial charge on any atom is -0.399 e. The van der Waals surface area contributed by atoms with E-state index in [0.717, 1.165) is 12.8 Å². The first-order chi connectivity index (χ1) is 9.36. The van der Waals surface area contributed by atoms with E-state index < -0.39 is 10.0 Å². The summed E-state index contributed by atoms with van der Waals surface area (Å²) in [6.45, 7) is 0. The Balaban J connectivity index is 2.07. The number of anilines is 2. The largest absolute Gasteiger partial charge is 0.399 e. The first-order valence-electron chi connectivity index (χ1n) is 6.75. The van der Waals surface area contributed by atoms with Crippen molar-refractivity contribution in [3.8, 4) is 0 Å². The van der Waals surface area contributed by atoms with Gasteiger partial charge in [0.1, 0.15) is 4.90 Å². The lowest BCUT2D eigenvalue weighted by molar-refractivity contribution is 0.126. The van der Waals surface area contributed by atoms with E-state index in [1.165, 1.54) is 6.07 Å². The van der Waals surface area contributed by atoms with Gasteiger partial charge in [-0.25, -0.2) is 13.6 Å². The van der Waals surface area contributed by atoms with Gasteiger partial charge in [-0.1, -0.05) is 0 Å². The van der Waals surface area contributed by atoms with Crippen LogP contribution in [0.25, 0.3) is 0 Å². The van der Waals surface area contributed by atoms with Crippen LogP contribution >= 0.6 is 0 Å². The number of nitrogens with zero attached hydrogens (tertiary/aromatic N) is 1. The van der Waals surface area contributed by atoms with Crippen LogP contribution in [0.1, 0.15) is 25.7 Å². The molecule has 2 fully saturated rings. The van der Waals surface area contributed by atoms with Crippen LogP contribution in [0.15, 0.2) is 23.1 Å². The van der Waals surface area contributed by atoms with Crippen LogP contribution in [0.5, 0.6) is 0 Å². The van der Waals surface area contributed by atoms with Gasteiger partial charge in [-0.15, -0.1) is 0 Å². The van der Waals surface area contributed by atoms with Gasteiger partial charge >= 0.3 is 0 Å². The number of benzene rings is 1. The maximum Gasteiger partial charge on any atom is 0.240 e. The summed E-state index contributed by atoms with van der Waals surface area (Å²) in [7, 11) is -3.82. The van der Waals surface area contributed by atoms with Crippen molar-refractivity contribution in [2.45, 2.75) is 48.8 Å². The second-order valence-corrected chi connectivity index (χ2v) is 7.22. The first kappa shape index (κ1) is 13.7. The number of nitrogen functional groups attached to an aromatic ring is 1. The molecule has 2 aliphatic heterocycles. The first-order valence-corrected chi connectivity index (χ1v) is 8.29. The van der Waals surface area contributed by atoms with Gasteiger partial charge in [0.05, 0.1) is 11.8 Å². The lowest BCUT2D eigenvalue weighted by atomic mass is 9.99. The Morgan fingerprint density at radius 1 is 1.20 bits per heavy atom. The summed E-state index contributed by atoms with van der Waals surface area (Å²) in [5.74, 6) is 0. The number of piperidine rings is 1. The number of aliphatic hydroxyl groups excluding tert-OH is 1. The summed E-state index contributed by atoms with van der Waals surface area (Å²) in [5.41, 5.74) is 6.67. The molecule has 6 nitrogen and oxygen atoms in total. The van der Waals surface area contributed by atoms with Crippen molar-refractivity contribution in [2.75, 3.05) is 10.6 Å². The highest BCUT2D eigenvalue weighted by atomic mass is 32.2. The fourth-order valence-electron chi connectivity index (χ4n) is 3.51. The number of fused-ring (bicyclic) bond motifs is 2. The molecule has 2 aliphatic rings. The Morgan fingerprint density at radius 3 is 2.35 bits per heavy atom. The monoisotopic (exact) mass is 297 g/mol. The van der Waals surface area contributed by atoms with Gasteiger partial charge in [0.25, 0.3) is 0 Å². The summed E-state index contributed by atoms with van der Waals surface area (Å²) in [6, 6.07) is 5.17. The van der Waals surface area contributed by atoms with Gasteiger partial charge < -0.3 is 15.7 Å². The molecule has 1 aromatic carbocycles. The molecule has 7 heteroatoms. The van der Waals surface area contributed by atoms with Gasteiger partial charge in [0, 0.05) is 17.8 Å². The topological polar surface area (TPSA) is 110 Å². The quantitative estimate of drug-likeness (QED) is 0.685. The van der Waals surface area contributed by atoms with Gasteiger partial charge in [-0.3, -0.25) is 0 Å². The number of nitrogens with two attached hydrogens (primary N) is 2. The third kappa shape index (κ3) is 2.25. The van der Waals surface area contributed by atoms with E-state index in [9.17, 15) is 13.5 Å². The minimum atomic E-state index is -3.82. The molecule has 3 rings (SSSR count). The molecule has 20 heavy (non-hydrogen) atoms. The molecular weight excluding hydrogens is 278 g/mol. The predicted molar refractivity (Wildman–Crippen MR) is 76.8 cm³/mol. The van der Waals surface area contributed by atoms with Crippen LogP contribution in [0.2, 0.25) is 0 Å². The van der Waals surface area contributed by atoms with Crippen LogP contribution in [0.3, 0.4) is 0 Å². The molecule has 0 amide bonds. The van der Waals surface area contributed by atoms with E-state index in [2.05, 4.69) is 4.90 Å². The molecule has 2 saturated heterocycles. The molecular formula is C13H19N3O3S. The van der Waals surface area contributed by atoms with Crippen LogP contribution in [0, 0.1) is 0 Å². The Kier molecular flexibility index (Phi) is 3.15. The van der Waals surface area contributed by atoms with E-state index in [0.29, 0.717) is 24.2 Å². The molecule has 2 heterocycles. The summed E-state index contributed by atoms with van der Waals surface area (Å²) < 4.78 is 23.6. The van der Waals surface area contributed by atoms with Crippen molar-refractivity contribution >= 4 is 21.4 Å². The molecule has 110 valence electrons. The average Bonchev–Trinajstić information content (AvgIpc) is 2.61. The zero-order chi connectivity index (χ0) is 14.5. The third-order valence-electron chi connectivity index (χ3n) is 4.28. The predicted octanol–water partition coefficient (Wildman–Crippen LogP) is 0.408. The third-order valence-corrected chi connectivity index (χ3v) is 5.22. The van der Waals surface area contributed by atoms with Crippen molar-refractivity contribution in [3.05, 3.63) is 18.2 Å². The fraction of sp³-hybridized carbons (Fsp3) is 0.538. The summed E-state index contributed by atoms with van der Waals surface area (Å²) in [6.07, 6.45) is 2.98. The molecule has 2 bridgehead atoms. The molecule has 0 saturated carbocycles. The van der Waals surface area contributed by atoms with Crippen molar-refractivity contribution in [3.63, 3.8) is 0 Å². The second-order valence-electron chi connectivity index (χ2n) is 5.69. The van der Waals surface area contributed by atoms with Crippen molar-refractivity contribution in [2.24, 2.45) is 5.14 Å². The van der Waals surface area contributed by atoms with E-state index in [1.807, 2.05) is 0 Å². The molecule has 2 unspecified atom stereocenters. The highest BCUT2D eigenvalue weighted by Gasteiger charge is 2.41. The molecule has 2 atom stereocenters. The van der Waals surface area contributed by atoms with Gasteiger partial charge in [0.2, 0.25) is 10.0 Å². The van der Waals surface area contributed by atoms with Gasteiger partial charge in [-0.2, -0.15) is 0 Å². The molecule has 0 aromatic heterocycles. The summed E-state index contributed by atoms with van der Waals surface area (Å²) in [5, 5.41) is 15.2. The van der Waals surface area contributed by atoms with Crippen LogP contribution < -0.4 is 15.8 Å². The Bertz CT molecular complexity index is 618. The van der Waals surface area contributed by atoms with E-state index in [4.69, 9.17) is 10.9 Å². The minimum absolute atomic E-state index is 0.0748. The smallest absolute Gasteiger partial charge is 0.240 e. The average molecular weight is 297 g/mol. The Labute approximate surface area is 118 Å². The number of rotatable bonds is 2. The highest BCUT2D eigenvalue weighted by Crippen LogP contribution is 2.41. The second kappa shape index (κ2) is 4.61. The molecule has 5 N–H and O–H groups in total. The lowest BCUT2D eigenvalue weighted by Crippen LogP contribution is -2.45. The maximum atomic E-state index is 11.8. The molecule has 0 radical (unpaired) electrons. The number of hydrogen-bond donors (Lipinski definition) is 3. The standard InChI is InChI=1S/C13H19N3O3S/c14-8-1-4-12(13(5-8)20(15,18)19)16-9-2-3-10(16)7-11(17)6-9/h1,4-5,9-11,17H,2-3,6-7,14H2,(H2,15,18,19). The van der Waals surface area contributed by atoms with E-state index in [-0.39, 0.29) is 23.1 Å². The lowest BCUT2D eigenvalue weighted by Gasteiger charge is -2.39. The van der Waals surface area contributed by atoms with E-state index >= 15 is 0 Å². The zero-order valence-electron chi connectivity index (χ0n) is 11.1. The van der Waals surface area contributed by atoms with Crippen LogP contribution in [-0.4, -0.2) is 31.7 Å². The number of primary sulfonamides is 1. The maximum absolute atomic E-state index is 11.8. The van der Waals surface area contributed by atoms with Gasteiger partial charge in [-0.05, 0) is 43.9 Å². The van der Waals surface area contributed by atoms with E-state index in [1.54, 1.807) is 12.1 Å². The van der Waals surface area contributed by atoms with Crippen LogP contribution in [0.4, 0.5) is 11.4 Å². The molecule has 1 aromatic rings. The highest BCUT2D eigenvalue weighted by molar-refractivity contribution is 7.89. The SMILES string of the molecule is Nc1ccc(N2C3CCC2CC(O)C3)c(S(N)(=O)=O)c1. The Hall–Kier alpha value is -1.31. The van der Waals surface area contributed by atoms with Gasteiger partial charge in [0.15, 0.2) is 0 Å². The number of aliphatic hydroxyl groups is 1. The summed E-state index contributed by atoms with van der Waals surface area (Å²) in [4.78, 5) is 2.18. The zero-order valence-corrected chi connectivity index (χ0v) is 11.9. The molecule has 0 spiro atoms.